The molecule has 2 heterocycles. The van der Waals surface area contributed by atoms with Gasteiger partial charge in [0.25, 0.3) is 11.5 Å². The van der Waals surface area contributed by atoms with Crippen LogP contribution in [-0.4, -0.2) is 31.9 Å². The second kappa shape index (κ2) is 8.21. The van der Waals surface area contributed by atoms with E-state index in [1.54, 1.807) is 11.8 Å². The van der Waals surface area contributed by atoms with E-state index in [9.17, 15) is 14.4 Å². The zero-order chi connectivity index (χ0) is 20.3. The summed E-state index contributed by atoms with van der Waals surface area (Å²) in [5.74, 6) is -0.189. The van der Waals surface area contributed by atoms with Crippen molar-refractivity contribution < 1.29 is 4.79 Å². The summed E-state index contributed by atoms with van der Waals surface area (Å²) in [6.45, 7) is 7.28. The van der Waals surface area contributed by atoms with Gasteiger partial charge in [-0.15, -0.1) is 0 Å². The summed E-state index contributed by atoms with van der Waals surface area (Å²) in [5.41, 5.74) is 1.79. The Morgan fingerprint density at radius 2 is 1.89 bits per heavy atom. The number of hydrogen-bond donors (Lipinski definition) is 1. The van der Waals surface area contributed by atoms with E-state index in [2.05, 4.69) is 9.97 Å². The van der Waals surface area contributed by atoms with Crippen LogP contribution in [0.2, 0.25) is 0 Å². The molecule has 0 radical (unpaired) electrons. The first-order valence-electron chi connectivity index (χ1n) is 9.42. The lowest BCUT2D eigenvalue weighted by Gasteiger charge is -2.22. The van der Waals surface area contributed by atoms with E-state index in [1.165, 1.54) is 16.8 Å². The Labute approximate surface area is 162 Å². The van der Waals surface area contributed by atoms with Gasteiger partial charge >= 0.3 is 5.69 Å². The minimum atomic E-state index is -0.535. The minimum absolute atomic E-state index is 0.189. The van der Waals surface area contributed by atoms with E-state index >= 15 is 0 Å². The van der Waals surface area contributed by atoms with Crippen LogP contribution in [-0.2, 0) is 13.1 Å². The highest BCUT2D eigenvalue weighted by molar-refractivity contribution is 5.96. The first-order chi connectivity index (χ1) is 13.4. The summed E-state index contributed by atoms with van der Waals surface area (Å²) in [5, 5.41) is 0.235. The molecule has 0 aliphatic heterocycles. The molecule has 2 aromatic heterocycles. The van der Waals surface area contributed by atoms with Crippen molar-refractivity contribution in [3.8, 4) is 0 Å². The maximum atomic E-state index is 13.1. The van der Waals surface area contributed by atoms with E-state index < -0.39 is 11.2 Å². The Kier molecular flexibility index (Phi) is 5.73. The predicted molar refractivity (Wildman–Crippen MR) is 109 cm³/mol. The van der Waals surface area contributed by atoms with Crippen molar-refractivity contribution in [1.29, 1.82) is 0 Å². The number of aromatic nitrogens is 3. The van der Waals surface area contributed by atoms with Gasteiger partial charge in [-0.1, -0.05) is 36.8 Å². The second-order valence-corrected chi connectivity index (χ2v) is 6.81. The molecule has 1 N–H and O–H groups in total. The number of benzene rings is 1. The number of aryl methyl sites for hydroxylation is 2. The maximum Gasteiger partial charge on any atom is 0.329 e. The molecule has 7 nitrogen and oxygen atoms in total. The number of hydrogen-bond acceptors (Lipinski definition) is 4. The molecule has 1 aromatic carbocycles. The van der Waals surface area contributed by atoms with Crippen LogP contribution in [0.1, 0.15) is 41.8 Å². The average molecular weight is 380 g/mol. The Bertz CT molecular complexity index is 1110. The van der Waals surface area contributed by atoms with Crippen molar-refractivity contribution in [2.24, 2.45) is 0 Å². The molecule has 146 valence electrons. The van der Waals surface area contributed by atoms with E-state index in [0.29, 0.717) is 25.2 Å². The standard InChI is InChI=1S/C21H24N4O3/c1-4-10-24(13-15-8-6-14(3)7-9-15)20(27)16-11-17-18(22-12-16)25(5-2)21(28)23-19(17)26/h6-9,11-12H,4-5,10,13H2,1-3H3,(H,23,26,28). The summed E-state index contributed by atoms with van der Waals surface area (Å²) in [7, 11) is 0. The van der Waals surface area contributed by atoms with Gasteiger partial charge in [-0.3, -0.25) is 19.1 Å². The fourth-order valence-electron chi connectivity index (χ4n) is 3.20. The maximum absolute atomic E-state index is 13.1. The van der Waals surface area contributed by atoms with Gasteiger partial charge in [-0.05, 0) is 31.9 Å². The number of nitrogens with zero attached hydrogens (tertiary/aromatic N) is 3. The fraction of sp³-hybridized carbons (Fsp3) is 0.333. The average Bonchev–Trinajstić information content (AvgIpc) is 2.69. The lowest BCUT2D eigenvalue weighted by Crippen LogP contribution is -2.33. The van der Waals surface area contributed by atoms with Gasteiger partial charge < -0.3 is 4.90 Å². The van der Waals surface area contributed by atoms with Gasteiger partial charge in [0.1, 0.15) is 5.65 Å². The number of carbonyl (C=O) groups is 1. The molecule has 7 heteroatoms. The molecule has 0 fully saturated rings. The molecule has 3 rings (SSSR count). The van der Waals surface area contributed by atoms with Crippen LogP contribution < -0.4 is 11.2 Å². The van der Waals surface area contributed by atoms with Gasteiger partial charge in [0.15, 0.2) is 0 Å². The van der Waals surface area contributed by atoms with E-state index in [1.807, 2.05) is 38.1 Å². The zero-order valence-electron chi connectivity index (χ0n) is 16.4. The van der Waals surface area contributed by atoms with Gasteiger partial charge in [0, 0.05) is 25.8 Å². The van der Waals surface area contributed by atoms with Crippen LogP contribution in [0.15, 0.2) is 46.1 Å². The molecular formula is C21H24N4O3. The molecule has 0 saturated heterocycles. The van der Waals surface area contributed by atoms with Crippen molar-refractivity contribution >= 4 is 16.9 Å². The fourth-order valence-corrected chi connectivity index (χ4v) is 3.20. The molecule has 0 aliphatic rings. The van der Waals surface area contributed by atoms with Crippen LogP contribution in [0.5, 0.6) is 0 Å². The summed E-state index contributed by atoms with van der Waals surface area (Å²) >= 11 is 0. The summed E-state index contributed by atoms with van der Waals surface area (Å²) < 4.78 is 1.38. The second-order valence-electron chi connectivity index (χ2n) is 6.81. The number of carbonyl (C=O) groups excluding carboxylic acids is 1. The minimum Gasteiger partial charge on any atom is -0.334 e. The van der Waals surface area contributed by atoms with Crippen LogP contribution in [0.3, 0.4) is 0 Å². The van der Waals surface area contributed by atoms with Crippen LogP contribution >= 0.6 is 0 Å². The Balaban J connectivity index is 1.98. The van der Waals surface area contributed by atoms with Crippen molar-refractivity contribution in [2.75, 3.05) is 6.54 Å². The number of pyridine rings is 1. The topological polar surface area (TPSA) is 88.1 Å². The number of aromatic amines is 1. The summed E-state index contributed by atoms with van der Waals surface area (Å²) in [4.78, 5) is 45.5. The third-order valence-corrected chi connectivity index (χ3v) is 4.67. The molecule has 0 unspecified atom stereocenters. The summed E-state index contributed by atoms with van der Waals surface area (Å²) in [6.07, 6.45) is 2.25. The third-order valence-electron chi connectivity index (χ3n) is 4.67. The van der Waals surface area contributed by atoms with Crippen molar-refractivity contribution in [3.05, 3.63) is 74.1 Å². The first-order valence-corrected chi connectivity index (χ1v) is 9.42. The molecule has 0 bridgehead atoms. The number of fused-ring (bicyclic) bond motifs is 1. The number of nitrogens with one attached hydrogen (secondary N) is 1. The molecule has 0 atom stereocenters. The largest absolute Gasteiger partial charge is 0.334 e. The Morgan fingerprint density at radius 1 is 1.18 bits per heavy atom. The molecule has 0 spiro atoms. The molecule has 0 aliphatic carbocycles. The third kappa shape index (κ3) is 3.88. The zero-order valence-corrected chi connectivity index (χ0v) is 16.4. The predicted octanol–water partition coefficient (Wildman–Crippen LogP) is 2.47. The van der Waals surface area contributed by atoms with E-state index in [4.69, 9.17) is 0 Å². The smallest absolute Gasteiger partial charge is 0.329 e. The Hall–Kier alpha value is -3.22. The van der Waals surface area contributed by atoms with Crippen molar-refractivity contribution in [1.82, 2.24) is 19.4 Å². The Morgan fingerprint density at radius 3 is 2.54 bits per heavy atom. The van der Waals surface area contributed by atoms with Crippen molar-refractivity contribution in [2.45, 2.75) is 40.3 Å². The highest BCUT2D eigenvalue weighted by Gasteiger charge is 2.18. The van der Waals surface area contributed by atoms with Gasteiger partial charge in [0.05, 0.1) is 10.9 Å². The van der Waals surface area contributed by atoms with E-state index in [-0.39, 0.29) is 16.9 Å². The first kappa shape index (κ1) is 19.5. The molecule has 28 heavy (non-hydrogen) atoms. The van der Waals surface area contributed by atoms with Gasteiger partial charge in [0.2, 0.25) is 0 Å². The lowest BCUT2D eigenvalue weighted by molar-refractivity contribution is 0.0743. The highest BCUT2D eigenvalue weighted by Crippen LogP contribution is 2.14. The quantitative estimate of drug-likeness (QED) is 0.712. The number of H-pyrrole nitrogens is 1. The number of rotatable bonds is 6. The highest BCUT2D eigenvalue weighted by atomic mass is 16.2. The van der Waals surface area contributed by atoms with Crippen LogP contribution in [0, 0.1) is 6.92 Å². The molecular weight excluding hydrogens is 356 g/mol. The molecule has 3 aromatic rings. The van der Waals surface area contributed by atoms with Crippen molar-refractivity contribution in [3.63, 3.8) is 0 Å². The summed E-state index contributed by atoms with van der Waals surface area (Å²) in [6, 6.07) is 9.58. The van der Waals surface area contributed by atoms with E-state index in [0.717, 1.165) is 17.5 Å². The van der Waals surface area contributed by atoms with Crippen LogP contribution in [0.4, 0.5) is 0 Å². The molecule has 1 amide bonds. The SMILES string of the molecule is CCCN(Cc1ccc(C)cc1)C(=O)c1cnc2c(c1)c(=O)[nH]c(=O)n2CC. The normalized spacial score (nSPS) is 11.0. The van der Waals surface area contributed by atoms with Gasteiger partial charge in [-0.25, -0.2) is 9.78 Å². The molecule has 0 saturated carbocycles. The lowest BCUT2D eigenvalue weighted by atomic mass is 10.1. The van der Waals surface area contributed by atoms with Gasteiger partial charge in [-0.2, -0.15) is 0 Å². The van der Waals surface area contributed by atoms with Crippen LogP contribution in [0.25, 0.3) is 11.0 Å². The number of amides is 1. The monoisotopic (exact) mass is 380 g/mol.